The lowest BCUT2D eigenvalue weighted by atomic mass is 9.84. The van der Waals surface area contributed by atoms with E-state index in [-0.39, 0.29) is 5.41 Å². The quantitative estimate of drug-likeness (QED) is 0.162. The van der Waals surface area contributed by atoms with Gasteiger partial charge in [0.25, 0.3) is 0 Å². The molecule has 0 amide bonds. The van der Waals surface area contributed by atoms with Crippen molar-refractivity contribution in [3.05, 3.63) is 253 Å². The number of nitrogens with one attached hydrogen (secondary N) is 1. The molecule has 3 nitrogen and oxygen atoms in total. The van der Waals surface area contributed by atoms with Gasteiger partial charge in [-0.25, -0.2) is 0 Å². The minimum absolute atomic E-state index is 0.000380. The maximum Gasteiger partial charge on any atom is 0.153 e. The van der Waals surface area contributed by atoms with Gasteiger partial charge < -0.3 is 9.88 Å². The number of benzene rings is 9. The van der Waals surface area contributed by atoms with E-state index in [1.54, 1.807) is 0 Å². The molecule has 0 bridgehead atoms. The van der Waals surface area contributed by atoms with Gasteiger partial charge in [0.15, 0.2) is 5.66 Å². The Hall–Kier alpha value is -8.01. The Bertz CT molecular complexity index is 3340. The highest BCUT2D eigenvalue weighted by molar-refractivity contribution is 6.14. The van der Waals surface area contributed by atoms with E-state index in [0.29, 0.717) is 0 Å². The molecule has 0 saturated carbocycles. The normalized spacial score (nSPS) is 15.0. The number of aliphatic imine (C=N–C) groups is 1. The first-order valence-electron chi connectivity index (χ1n) is 23.0. The smallest absolute Gasteiger partial charge is 0.153 e. The minimum Gasteiger partial charge on any atom is -0.357 e. The molecule has 1 N–H and O–H groups in total. The van der Waals surface area contributed by atoms with Crippen LogP contribution in [0.1, 0.15) is 49.9 Å². The number of aromatic nitrogens is 1. The Morgan fingerprint density at radius 1 is 0.424 bits per heavy atom. The molecule has 1 atom stereocenters. The first-order chi connectivity index (χ1) is 32.2. The van der Waals surface area contributed by atoms with Crippen LogP contribution in [0.4, 0.5) is 0 Å². The van der Waals surface area contributed by atoms with Gasteiger partial charge >= 0.3 is 0 Å². The van der Waals surface area contributed by atoms with Gasteiger partial charge in [-0.2, -0.15) is 0 Å². The molecule has 9 aromatic carbocycles. The number of nitrogens with zero attached hydrogens (tertiary/aromatic N) is 2. The summed E-state index contributed by atoms with van der Waals surface area (Å²) in [5.74, 6) is 0. The predicted molar refractivity (Wildman–Crippen MR) is 279 cm³/mol. The fourth-order valence-electron chi connectivity index (χ4n) is 9.65. The van der Waals surface area contributed by atoms with Crippen molar-refractivity contribution in [3.63, 3.8) is 0 Å². The van der Waals surface area contributed by atoms with Crippen LogP contribution in [0.15, 0.2) is 236 Å². The number of hydrogen-bond donors (Lipinski definition) is 1. The third kappa shape index (κ3) is 7.53. The molecule has 66 heavy (non-hydrogen) atoms. The van der Waals surface area contributed by atoms with Gasteiger partial charge in [-0.05, 0) is 105 Å². The molecule has 2 heterocycles. The van der Waals surface area contributed by atoms with Gasteiger partial charge in [0.2, 0.25) is 0 Å². The van der Waals surface area contributed by atoms with Crippen LogP contribution in [0.5, 0.6) is 0 Å². The number of allylic oxidation sites excluding steroid dienone is 1. The van der Waals surface area contributed by atoms with Gasteiger partial charge in [0, 0.05) is 33.2 Å². The van der Waals surface area contributed by atoms with Crippen LogP contribution in [-0.4, -0.2) is 10.3 Å². The van der Waals surface area contributed by atoms with Crippen LogP contribution >= 0.6 is 0 Å². The van der Waals surface area contributed by atoms with Gasteiger partial charge in [-0.15, -0.1) is 0 Å². The van der Waals surface area contributed by atoms with Gasteiger partial charge in [0.05, 0.1) is 22.4 Å². The van der Waals surface area contributed by atoms with Crippen molar-refractivity contribution in [2.24, 2.45) is 4.99 Å². The highest BCUT2D eigenvalue weighted by Gasteiger charge is 2.34. The zero-order valence-electron chi connectivity index (χ0n) is 37.8. The Morgan fingerprint density at radius 3 is 1.30 bits per heavy atom. The highest BCUT2D eigenvalue weighted by atomic mass is 15.2. The van der Waals surface area contributed by atoms with Crippen molar-refractivity contribution < 1.29 is 0 Å². The largest absolute Gasteiger partial charge is 0.357 e. The predicted octanol–water partition coefficient (Wildman–Crippen LogP) is 16.1. The lowest BCUT2D eigenvalue weighted by molar-refractivity contribution is 0.448. The second-order valence-electron chi connectivity index (χ2n) is 18.6. The number of hydrogen-bond acceptors (Lipinski definition) is 2. The lowest BCUT2D eigenvalue weighted by Gasteiger charge is -2.35. The molecular weight excluding hydrogens is 799 g/mol. The van der Waals surface area contributed by atoms with Crippen LogP contribution in [0.25, 0.3) is 77.7 Å². The van der Waals surface area contributed by atoms with E-state index < -0.39 is 5.66 Å². The van der Waals surface area contributed by atoms with Crippen LogP contribution in [-0.2, 0) is 11.1 Å². The van der Waals surface area contributed by atoms with E-state index in [1.165, 1.54) is 38.6 Å². The molecule has 3 heteroatoms. The van der Waals surface area contributed by atoms with E-state index in [0.717, 1.165) is 67.1 Å². The Labute approximate surface area is 388 Å². The Kier molecular flexibility index (Phi) is 10.2. The van der Waals surface area contributed by atoms with E-state index >= 15 is 0 Å². The summed E-state index contributed by atoms with van der Waals surface area (Å²) in [5, 5.41) is 6.38. The third-order valence-corrected chi connectivity index (χ3v) is 13.2. The van der Waals surface area contributed by atoms with E-state index in [9.17, 15) is 0 Å². The van der Waals surface area contributed by atoms with Crippen molar-refractivity contribution in [1.29, 1.82) is 0 Å². The Balaban J connectivity index is 1.23. The number of fused-ring (bicyclic) bond motifs is 3. The van der Waals surface area contributed by atoms with Crippen molar-refractivity contribution in [2.45, 2.75) is 38.8 Å². The molecule has 10 aromatic rings. The SMILES string of the molecule is CC(C)(C)c1ccc(-c2cc(C3(C)N=C(c4ccccc4)C=C(c4ccccc4)N3)cc(-c3ccccc3)c2-n2c3ccc(-c4ccccc4)cc3c3cc(-c4ccccc4)ccc32)cc1. The first kappa shape index (κ1) is 40.7. The molecule has 1 unspecified atom stereocenters. The lowest BCUT2D eigenvalue weighted by Crippen LogP contribution is -2.40. The maximum absolute atomic E-state index is 5.64. The molecule has 0 fully saturated rings. The van der Waals surface area contributed by atoms with Crippen LogP contribution < -0.4 is 5.32 Å². The zero-order valence-corrected chi connectivity index (χ0v) is 37.8. The molecule has 11 rings (SSSR count). The fraction of sp³-hybridized carbons (Fsp3) is 0.0952. The summed E-state index contributed by atoms with van der Waals surface area (Å²) in [6.07, 6.45) is 2.19. The minimum atomic E-state index is -0.844. The van der Waals surface area contributed by atoms with Crippen molar-refractivity contribution >= 4 is 33.2 Å². The summed E-state index contributed by atoms with van der Waals surface area (Å²) in [6.45, 7) is 9.06. The fourth-order valence-corrected chi connectivity index (χ4v) is 9.65. The molecule has 1 aliphatic heterocycles. The third-order valence-electron chi connectivity index (χ3n) is 13.2. The van der Waals surface area contributed by atoms with Crippen LogP contribution in [0.3, 0.4) is 0 Å². The summed E-state index contributed by atoms with van der Waals surface area (Å²) in [4.78, 5) is 5.64. The second-order valence-corrected chi connectivity index (χ2v) is 18.6. The average Bonchev–Trinajstić information content (AvgIpc) is 3.69. The molecule has 1 aromatic heterocycles. The van der Waals surface area contributed by atoms with E-state index in [4.69, 9.17) is 4.99 Å². The topological polar surface area (TPSA) is 29.3 Å². The average molecular weight is 850 g/mol. The van der Waals surface area contributed by atoms with Crippen molar-refractivity contribution in [2.75, 3.05) is 0 Å². The summed E-state index contributed by atoms with van der Waals surface area (Å²) < 4.78 is 2.53. The summed E-state index contributed by atoms with van der Waals surface area (Å²) in [7, 11) is 0. The number of rotatable bonds is 8. The van der Waals surface area contributed by atoms with Gasteiger partial charge in [-0.1, -0.05) is 209 Å². The van der Waals surface area contributed by atoms with E-state index in [2.05, 4.69) is 268 Å². The molecule has 318 valence electrons. The molecule has 1 aliphatic rings. The second kappa shape index (κ2) is 16.5. The summed E-state index contributed by atoms with van der Waals surface area (Å²) in [5.41, 5.74) is 18.4. The first-order valence-corrected chi connectivity index (χ1v) is 23.0. The van der Waals surface area contributed by atoms with Gasteiger partial charge in [-0.3, -0.25) is 4.99 Å². The standard InChI is InChI=1S/C63H51N3/c1-62(2,3)51-34-30-46(31-35-51)54-41-52(63(4)64-57(47-26-16-8-17-27-47)42-58(65-63)48-28-18-9-19-29-48)40-53(45-24-14-7-15-25-45)61(54)66-59-36-32-49(43-20-10-5-11-21-43)38-55(59)56-39-50(33-37-60(56)66)44-22-12-6-13-23-44/h5-42,64H,1-4H3. The molecule has 0 saturated heterocycles. The van der Waals surface area contributed by atoms with E-state index in [1.807, 2.05) is 0 Å². The molecule has 0 radical (unpaired) electrons. The van der Waals surface area contributed by atoms with Crippen molar-refractivity contribution in [3.8, 4) is 50.2 Å². The zero-order chi connectivity index (χ0) is 44.8. The molecule has 0 aliphatic carbocycles. The van der Waals surface area contributed by atoms with Crippen LogP contribution in [0, 0.1) is 0 Å². The Morgan fingerprint density at radius 2 is 0.833 bits per heavy atom. The summed E-state index contributed by atoms with van der Waals surface area (Å²) in [6, 6.07) is 81.5. The maximum atomic E-state index is 5.64. The monoisotopic (exact) mass is 849 g/mol. The summed E-state index contributed by atoms with van der Waals surface area (Å²) >= 11 is 0. The van der Waals surface area contributed by atoms with Gasteiger partial charge in [0.1, 0.15) is 0 Å². The molecule has 0 spiro atoms. The molecular formula is C63H51N3. The van der Waals surface area contributed by atoms with Crippen molar-refractivity contribution in [1.82, 2.24) is 9.88 Å². The van der Waals surface area contributed by atoms with Crippen LogP contribution in [0.2, 0.25) is 0 Å². The highest BCUT2D eigenvalue weighted by Crippen LogP contribution is 2.46.